The monoisotopic (exact) mass is 1060 g/mol. The van der Waals surface area contributed by atoms with Crippen LogP contribution in [0.15, 0.2) is 58.4 Å². The van der Waals surface area contributed by atoms with Crippen LogP contribution < -0.4 is 54.4 Å². The van der Waals surface area contributed by atoms with E-state index in [0.717, 1.165) is 16.0 Å². The van der Waals surface area contributed by atoms with Gasteiger partial charge in [0.15, 0.2) is 5.96 Å². The number of β-amino-alcohol motifs (C(OH)–C–C–N with tert-alkyl or cyclic N) is 1. The van der Waals surface area contributed by atoms with Crippen LogP contribution in [0.2, 0.25) is 0 Å². The predicted octanol–water partition coefficient (Wildman–Crippen LogP) is -3.86. The second-order valence-corrected chi connectivity index (χ2v) is 20.2. The first-order valence-electron chi connectivity index (χ1n) is 25.1. The number of aliphatic hydroxyl groups is 2. The van der Waals surface area contributed by atoms with E-state index < -0.39 is 127 Å². The number of likely N-dealkylation sites (tertiary alicyclic amines) is 2. The number of carboxylic acids is 1. The molecule has 16 N–H and O–H groups in total. The Kier molecular flexibility index (Phi) is 20.7. The molecule has 2 fully saturated rings. The Balaban J connectivity index is 1.10. The average molecular weight is 1060 g/mol. The summed E-state index contributed by atoms with van der Waals surface area (Å²) in [5, 5.41) is 43.7. The molecular weight excluding hydrogens is 995 g/mol. The summed E-state index contributed by atoms with van der Waals surface area (Å²) in [5.74, 6) is -7.81. The van der Waals surface area contributed by atoms with Crippen molar-refractivity contribution in [3.8, 4) is 0 Å². The molecule has 408 valence electrons. The van der Waals surface area contributed by atoms with Gasteiger partial charge >= 0.3 is 5.97 Å². The molecule has 0 radical (unpaired) electrons. The van der Waals surface area contributed by atoms with Gasteiger partial charge in [-0.05, 0) is 87.1 Å². The number of aliphatic imine (C=N–C) groups is 1. The Morgan fingerprint density at radius 1 is 0.840 bits per heavy atom. The van der Waals surface area contributed by atoms with Crippen LogP contribution in [0.25, 0.3) is 0 Å². The van der Waals surface area contributed by atoms with Crippen molar-refractivity contribution >= 4 is 76.6 Å². The average Bonchev–Trinajstić information content (AvgIpc) is 4.14. The number of thioether (sulfide) groups is 1. The van der Waals surface area contributed by atoms with E-state index in [1.165, 1.54) is 21.6 Å². The molecular formula is C49H69N13O12S. The van der Waals surface area contributed by atoms with E-state index in [1.54, 1.807) is 24.3 Å². The maximum absolute atomic E-state index is 14.3. The van der Waals surface area contributed by atoms with Crippen LogP contribution in [0.3, 0.4) is 0 Å². The Bertz CT molecular complexity index is 2440. The zero-order chi connectivity index (χ0) is 54.3. The van der Waals surface area contributed by atoms with E-state index in [-0.39, 0.29) is 50.6 Å². The number of carbonyl (C=O) groups is 9. The van der Waals surface area contributed by atoms with Gasteiger partial charge in [0.25, 0.3) is 5.91 Å². The summed E-state index contributed by atoms with van der Waals surface area (Å²) in [7, 11) is 0. The molecule has 2 aromatic rings. The fourth-order valence-electron chi connectivity index (χ4n) is 9.88. The topological polar surface area (TPSA) is 401 Å². The van der Waals surface area contributed by atoms with Gasteiger partial charge in [-0.2, -0.15) is 0 Å². The number of aliphatic carboxylic acids is 1. The molecule has 75 heavy (non-hydrogen) atoms. The number of carbonyl (C=O) groups excluding carboxylic acids is 8. The van der Waals surface area contributed by atoms with E-state index in [2.05, 4.69) is 31.6 Å². The number of amides is 8. The predicted molar refractivity (Wildman–Crippen MR) is 274 cm³/mol. The maximum Gasteiger partial charge on any atom is 0.323 e. The lowest BCUT2D eigenvalue weighted by atomic mass is 9.95. The van der Waals surface area contributed by atoms with Gasteiger partial charge in [0.2, 0.25) is 41.4 Å². The first-order valence-corrected chi connectivity index (χ1v) is 26.1. The van der Waals surface area contributed by atoms with E-state index in [9.17, 15) is 58.5 Å². The highest BCUT2D eigenvalue weighted by atomic mass is 32.2. The summed E-state index contributed by atoms with van der Waals surface area (Å²) in [4.78, 5) is 131. The number of nitrogens with one attached hydrogen (secondary N) is 5. The minimum atomic E-state index is -1.62. The standard InChI is InChI=1S/C49H69N13O12S/c50-16-6-5-11-31(51)42(68)56-32(12-7-17-54-49(52)53)46(72)60-18-8-14-36(60)48(74)61-23-30(64)21-37(61)44(70)55-22-39(65)59-41(29-19-27-9-1-2-10-28(27)20-29)45(71)57-33(25-63)43(69)58-34-26-75-38-15-4-3-13-35(38)62(47(34)73)24-40(66)67/h1-4,9-10,13,15,29-34,36-37,41,63-64H,5-8,11-12,14,16-26,50-51H2,(H,55,70)(H,56,68)(H,57,71)(H,58,69)(H,59,65)(H,66,67)(H4,52,53,54)/t30?,31?,32-,33+,34-,36+,37+,41?/m1/s1. The van der Waals surface area contributed by atoms with Gasteiger partial charge in [-0.3, -0.25) is 53.0 Å². The number of nitrogens with zero attached hydrogens (tertiary/aromatic N) is 4. The third-order valence-corrected chi connectivity index (χ3v) is 14.8. The Hall–Kier alpha value is -6.87. The lowest BCUT2D eigenvalue weighted by molar-refractivity contribution is -0.148. The minimum absolute atomic E-state index is 0.0106. The van der Waals surface area contributed by atoms with Crippen molar-refractivity contribution in [2.75, 3.05) is 56.5 Å². The van der Waals surface area contributed by atoms with Crippen LogP contribution >= 0.6 is 11.8 Å². The van der Waals surface area contributed by atoms with Gasteiger partial charge in [-0.25, -0.2) is 0 Å². The van der Waals surface area contributed by atoms with Crippen LogP contribution in [-0.2, 0) is 56.0 Å². The molecule has 0 aromatic heterocycles. The van der Waals surface area contributed by atoms with Gasteiger partial charge in [0, 0.05) is 36.7 Å². The van der Waals surface area contributed by atoms with E-state index in [1.807, 2.05) is 24.3 Å². The fourth-order valence-corrected chi connectivity index (χ4v) is 11.0. The number of fused-ring (bicyclic) bond motifs is 2. The Labute approximate surface area is 437 Å². The highest BCUT2D eigenvalue weighted by Crippen LogP contribution is 2.34. The number of aliphatic hydroxyl groups excluding tert-OH is 2. The molecule has 2 aromatic carbocycles. The number of carboxylic acid groups (broad SMARTS) is 1. The number of benzene rings is 2. The number of hydrogen-bond acceptors (Lipinski definition) is 15. The van der Waals surface area contributed by atoms with Gasteiger partial charge < -0.3 is 74.6 Å². The van der Waals surface area contributed by atoms with Gasteiger partial charge in [0.1, 0.15) is 42.8 Å². The number of unbranched alkanes of at least 4 members (excludes halogenated alkanes) is 1. The van der Waals surface area contributed by atoms with Crippen LogP contribution in [-0.4, -0.2) is 184 Å². The van der Waals surface area contributed by atoms with Gasteiger partial charge in [-0.1, -0.05) is 42.8 Å². The van der Waals surface area contributed by atoms with Crippen molar-refractivity contribution in [1.82, 2.24) is 36.4 Å². The first-order chi connectivity index (χ1) is 35.9. The highest BCUT2D eigenvalue weighted by molar-refractivity contribution is 7.99. The third-order valence-electron chi connectivity index (χ3n) is 13.7. The summed E-state index contributed by atoms with van der Waals surface area (Å²) >= 11 is 1.21. The van der Waals surface area contributed by atoms with E-state index in [4.69, 9.17) is 22.9 Å². The number of rotatable bonds is 24. The second-order valence-electron chi connectivity index (χ2n) is 19.1. The molecule has 8 amide bonds. The molecule has 1 aliphatic carbocycles. The summed E-state index contributed by atoms with van der Waals surface area (Å²) in [6.07, 6.45) is 2.04. The van der Waals surface area contributed by atoms with Gasteiger partial charge in [0.05, 0.1) is 31.0 Å². The number of nitrogens with two attached hydrogens (primary N) is 4. The number of hydrogen-bond donors (Lipinski definition) is 12. The van der Waals surface area contributed by atoms with Crippen molar-refractivity contribution in [1.29, 1.82) is 0 Å². The molecule has 4 aliphatic rings. The lowest BCUT2D eigenvalue weighted by Gasteiger charge is -2.33. The number of guanidine groups is 1. The number of para-hydroxylation sites is 1. The van der Waals surface area contributed by atoms with Crippen molar-refractivity contribution in [3.63, 3.8) is 0 Å². The van der Waals surface area contributed by atoms with Crippen LogP contribution in [0.4, 0.5) is 5.69 Å². The molecule has 3 heterocycles. The third kappa shape index (κ3) is 15.1. The molecule has 25 nitrogen and oxygen atoms in total. The number of anilines is 1. The molecule has 26 heteroatoms. The highest BCUT2D eigenvalue weighted by Gasteiger charge is 2.46. The van der Waals surface area contributed by atoms with Gasteiger partial charge in [-0.15, -0.1) is 11.8 Å². The SMILES string of the molecule is NCCCCC(N)C(=O)N[C@H](CCCN=C(N)N)C(=O)N1CCC[C@H]1C(=O)N1CC(O)C[C@H]1C(=O)NCC(=O)NC(C(=O)N[C@@H](CO)C(=O)N[C@@H]1CSc2ccccc2N(CC(=O)O)C1=O)C1Cc2ccccc2C1. The largest absolute Gasteiger partial charge is 0.480 e. The van der Waals surface area contributed by atoms with E-state index in [0.29, 0.717) is 62.1 Å². The molecule has 0 bridgehead atoms. The molecule has 6 rings (SSSR count). The zero-order valence-electron chi connectivity index (χ0n) is 41.6. The molecule has 8 atom stereocenters. The van der Waals surface area contributed by atoms with Crippen molar-refractivity contribution in [2.45, 2.75) is 118 Å². The Morgan fingerprint density at radius 3 is 2.21 bits per heavy atom. The zero-order valence-corrected chi connectivity index (χ0v) is 42.4. The van der Waals surface area contributed by atoms with E-state index >= 15 is 0 Å². The van der Waals surface area contributed by atoms with Crippen LogP contribution in [0.5, 0.6) is 0 Å². The molecule has 3 unspecified atom stereocenters. The first kappa shape index (κ1) is 57.4. The second kappa shape index (κ2) is 27.1. The summed E-state index contributed by atoms with van der Waals surface area (Å²) < 4.78 is 0. The van der Waals surface area contributed by atoms with Crippen LogP contribution in [0, 0.1) is 5.92 Å². The molecule has 3 aliphatic heterocycles. The quantitative estimate of drug-likeness (QED) is 0.0272. The molecule has 2 saturated heterocycles. The minimum Gasteiger partial charge on any atom is -0.480 e. The summed E-state index contributed by atoms with van der Waals surface area (Å²) in [5.41, 5.74) is 24.9. The van der Waals surface area contributed by atoms with Crippen molar-refractivity contribution in [3.05, 3.63) is 59.7 Å². The molecule has 0 saturated carbocycles. The van der Waals surface area contributed by atoms with Crippen LogP contribution in [0.1, 0.15) is 62.5 Å². The van der Waals surface area contributed by atoms with Crippen molar-refractivity contribution < 1.29 is 58.5 Å². The Morgan fingerprint density at radius 2 is 1.53 bits per heavy atom. The smallest absolute Gasteiger partial charge is 0.323 e. The normalized spacial score (nSPS) is 20.9. The molecule has 0 spiro atoms. The maximum atomic E-state index is 14.3. The van der Waals surface area contributed by atoms with Crippen molar-refractivity contribution in [2.24, 2.45) is 33.8 Å². The lowest BCUT2D eigenvalue weighted by Crippen LogP contribution is -2.60. The summed E-state index contributed by atoms with van der Waals surface area (Å²) in [6.45, 7) is -1.76. The summed E-state index contributed by atoms with van der Waals surface area (Å²) in [6, 6.07) is 5.59. The fraction of sp³-hybridized carbons (Fsp3) is 0.551.